The zero-order valence-corrected chi connectivity index (χ0v) is 12.8. The fourth-order valence-electron chi connectivity index (χ4n) is 1.99. The van der Waals surface area contributed by atoms with E-state index in [9.17, 15) is 8.42 Å². The Balaban J connectivity index is 2.55. The Bertz CT molecular complexity index is 706. The van der Waals surface area contributed by atoms with Crippen LogP contribution in [0.25, 0.3) is 11.1 Å². The molecule has 0 spiro atoms. The van der Waals surface area contributed by atoms with Gasteiger partial charge in [-0.2, -0.15) is 0 Å². The Morgan fingerprint density at radius 1 is 1.10 bits per heavy atom. The molecule has 0 aliphatic carbocycles. The summed E-state index contributed by atoms with van der Waals surface area (Å²) < 4.78 is 28.4. The zero-order valence-electron chi connectivity index (χ0n) is 11.3. The van der Waals surface area contributed by atoms with E-state index in [4.69, 9.17) is 16.3 Å². The minimum atomic E-state index is -3.23. The van der Waals surface area contributed by atoms with Gasteiger partial charge in [0.1, 0.15) is 0 Å². The van der Waals surface area contributed by atoms with Crippen molar-refractivity contribution in [3.05, 3.63) is 53.1 Å². The van der Waals surface area contributed by atoms with Gasteiger partial charge in [0.25, 0.3) is 0 Å². The van der Waals surface area contributed by atoms with E-state index in [1.54, 1.807) is 37.4 Å². The average Bonchev–Trinajstić information content (AvgIpc) is 2.39. The van der Waals surface area contributed by atoms with Crippen LogP contribution in [0.4, 0.5) is 0 Å². The molecule has 0 aliphatic rings. The quantitative estimate of drug-likeness (QED) is 0.867. The van der Waals surface area contributed by atoms with Crippen LogP contribution < -0.4 is 0 Å². The molecular weight excluding hydrogens is 296 g/mol. The van der Waals surface area contributed by atoms with Crippen molar-refractivity contribution in [3.63, 3.8) is 0 Å². The van der Waals surface area contributed by atoms with Gasteiger partial charge >= 0.3 is 0 Å². The van der Waals surface area contributed by atoms with Crippen LogP contribution in [0.15, 0.2) is 47.4 Å². The lowest BCUT2D eigenvalue weighted by Crippen LogP contribution is -2.00. The Morgan fingerprint density at radius 2 is 1.75 bits per heavy atom. The average molecular weight is 311 g/mol. The standard InChI is InChI=1S/C15H15ClO3S/c1-19-10-12-9-14(20(2,17)18)7-8-15(12)11-3-5-13(16)6-4-11/h3-9H,10H2,1-2H3. The van der Waals surface area contributed by atoms with Crippen LogP contribution >= 0.6 is 11.6 Å². The van der Waals surface area contributed by atoms with E-state index in [0.29, 0.717) is 16.5 Å². The molecule has 0 radical (unpaired) electrons. The van der Waals surface area contributed by atoms with E-state index in [0.717, 1.165) is 16.7 Å². The molecule has 0 unspecified atom stereocenters. The highest BCUT2D eigenvalue weighted by Crippen LogP contribution is 2.28. The summed E-state index contributed by atoms with van der Waals surface area (Å²) in [6.07, 6.45) is 1.20. The molecule has 0 aromatic heterocycles. The van der Waals surface area contributed by atoms with Gasteiger partial charge in [0.2, 0.25) is 0 Å². The van der Waals surface area contributed by atoms with Crippen LogP contribution in [0.3, 0.4) is 0 Å². The van der Waals surface area contributed by atoms with Crippen LogP contribution in [0.5, 0.6) is 0 Å². The zero-order chi connectivity index (χ0) is 14.8. The number of halogens is 1. The largest absolute Gasteiger partial charge is 0.380 e. The molecule has 0 amide bonds. The van der Waals surface area contributed by atoms with Gasteiger partial charge in [-0.1, -0.05) is 29.8 Å². The van der Waals surface area contributed by atoms with Crippen LogP contribution in [-0.2, 0) is 21.2 Å². The van der Waals surface area contributed by atoms with Crippen molar-refractivity contribution in [3.8, 4) is 11.1 Å². The Morgan fingerprint density at radius 3 is 2.30 bits per heavy atom. The number of benzene rings is 2. The summed E-state index contributed by atoms with van der Waals surface area (Å²) >= 11 is 5.88. The summed E-state index contributed by atoms with van der Waals surface area (Å²) in [6, 6.07) is 12.5. The van der Waals surface area contributed by atoms with Crippen molar-refractivity contribution < 1.29 is 13.2 Å². The first-order chi connectivity index (χ1) is 9.41. The van der Waals surface area contributed by atoms with Crippen molar-refractivity contribution in [1.29, 1.82) is 0 Å². The molecule has 0 aliphatic heterocycles. The molecule has 0 heterocycles. The fraction of sp³-hybridized carbons (Fsp3) is 0.200. The molecule has 0 saturated heterocycles. The van der Waals surface area contributed by atoms with Gasteiger partial charge in [0.05, 0.1) is 11.5 Å². The molecular formula is C15H15ClO3S. The monoisotopic (exact) mass is 310 g/mol. The third kappa shape index (κ3) is 3.39. The summed E-state index contributed by atoms with van der Waals surface area (Å²) in [7, 11) is -1.64. The molecule has 0 bridgehead atoms. The number of hydrogen-bond donors (Lipinski definition) is 0. The summed E-state index contributed by atoms with van der Waals surface area (Å²) in [5.41, 5.74) is 2.75. The highest BCUT2D eigenvalue weighted by molar-refractivity contribution is 7.90. The predicted molar refractivity (Wildman–Crippen MR) is 80.7 cm³/mol. The van der Waals surface area contributed by atoms with Crippen molar-refractivity contribution in [2.24, 2.45) is 0 Å². The first kappa shape index (κ1) is 15.0. The second-order valence-corrected chi connectivity index (χ2v) is 6.98. The molecule has 2 rings (SSSR count). The lowest BCUT2D eigenvalue weighted by molar-refractivity contribution is 0.185. The third-order valence-corrected chi connectivity index (χ3v) is 4.32. The second kappa shape index (κ2) is 5.95. The molecule has 0 N–H and O–H groups in total. The normalized spacial score (nSPS) is 11.6. The van der Waals surface area contributed by atoms with Gasteiger partial charge in [-0.3, -0.25) is 0 Å². The lowest BCUT2D eigenvalue weighted by Gasteiger charge is -2.11. The van der Waals surface area contributed by atoms with E-state index in [2.05, 4.69) is 0 Å². The van der Waals surface area contributed by atoms with E-state index >= 15 is 0 Å². The van der Waals surface area contributed by atoms with E-state index in [1.807, 2.05) is 12.1 Å². The van der Waals surface area contributed by atoms with Gasteiger partial charge < -0.3 is 4.74 Å². The predicted octanol–water partition coefficient (Wildman–Crippen LogP) is 3.56. The minimum absolute atomic E-state index is 0.294. The van der Waals surface area contributed by atoms with Crippen LogP contribution in [0.2, 0.25) is 5.02 Å². The summed E-state index contributed by atoms with van der Waals surface area (Å²) in [6.45, 7) is 0.349. The van der Waals surface area contributed by atoms with Gasteiger partial charge in [-0.25, -0.2) is 8.42 Å². The maximum atomic E-state index is 11.6. The van der Waals surface area contributed by atoms with Crippen molar-refractivity contribution in [2.75, 3.05) is 13.4 Å². The number of hydrogen-bond acceptors (Lipinski definition) is 3. The fourth-order valence-corrected chi connectivity index (χ4v) is 2.78. The van der Waals surface area contributed by atoms with Gasteiger partial charge in [0.15, 0.2) is 9.84 Å². The van der Waals surface area contributed by atoms with Crippen LogP contribution in [0.1, 0.15) is 5.56 Å². The molecule has 3 nitrogen and oxygen atoms in total. The van der Waals surface area contributed by atoms with Crippen molar-refractivity contribution in [1.82, 2.24) is 0 Å². The topological polar surface area (TPSA) is 43.4 Å². The number of rotatable bonds is 4. The highest BCUT2D eigenvalue weighted by atomic mass is 35.5. The molecule has 0 atom stereocenters. The highest BCUT2D eigenvalue weighted by Gasteiger charge is 2.12. The second-order valence-electron chi connectivity index (χ2n) is 4.53. The first-order valence-corrected chi connectivity index (χ1v) is 8.26. The molecule has 0 saturated carbocycles. The van der Waals surface area contributed by atoms with Gasteiger partial charge in [-0.05, 0) is 41.0 Å². The van der Waals surface area contributed by atoms with Crippen LogP contribution in [-0.4, -0.2) is 21.8 Å². The molecule has 20 heavy (non-hydrogen) atoms. The Kier molecular flexibility index (Phi) is 4.48. The molecule has 5 heteroatoms. The number of ether oxygens (including phenoxy) is 1. The third-order valence-electron chi connectivity index (χ3n) is 2.96. The number of sulfone groups is 1. The summed E-state index contributed by atoms with van der Waals surface area (Å²) in [4.78, 5) is 0.294. The maximum Gasteiger partial charge on any atom is 0.175 e. The minimum Gasteiger partial charge on any atom is -0.380 e. The maximum absolute atomic E-state index is 11.6. The molecule has 2 aromatic carbocycles. The smallest absolute Gasteiger partial charge is 0.175 e. The Labute approximate surface area is 124 Å². The summed E-state index contributed by atoms with van der Waals surface area (Å²) in [5, 5.41) is 0.662. The first-order valence-electron chi connectivity index (χ1n) is 5.99. The van der Waals surface area contributed by atoms with E-state index < -0.39 is 9.84 Å². The Hall–Kier alpha value is -1.36. The van der Waals surface area contributed by atoms with Gasteiger partial charge in [-0.15, -0.1) is 0 Å². The number of methoxy groups -OCH3 is 1. The van der Waals surface area contributed by atoms with Gasteiger partial charge in [0, 0.05) is 18.4 Å². The SMILES string of the molecule is COCc1cc(S(C)(=O)=O)ccc1-c1ccc(Cl)cc1. The van der Waals surface area contributed by atoms with Crippen LogP contribution in [0, 0.1) is 0 Å². The van der Waals surface area contributed by atoms with E-state index in [1.165, 1.54) is 6.26 Å². The molecule has 106 valence electrons. The molecule has 2 aromatic rings. The lowest BCUT2D eigenvalue weighted by atomic mass is 10.0. The van der Waals surface area contributed by atoms with Crippen molar-refractivity contribution in [2.45, 2.75) is 11.5 Å². The summed E-state index contributed by atoms with van der Waals surface area (Å²) in [5.74, 6) is 0. The molecule has 0 fully saturated rings. The van der Waals surface area contributed by atoms with Crippen molar-refractivity contribution >= 4 is 21.4 Å². The van der Waals surface area contributed by atoms with E-state index in [-0.39, 0.29) is 0 Å².